The fourth-order valence-electron chi connectivity index (χ4n) is 4.81. The topological polar surface area (TPSA) is 99.0 Å². The Morgan fingerprint density at radius 1 is 1.21 bits per heavy atom. The van der Waals surface area contributed by atoms with E-state index in [2.05, 4.69) is 4.98 Å². The predicted molar refractivity (Wildman–Crippen MR) is 121 cm³/mol. The van der Waals surface area contributed by atoms with E-state index in [0.29, 0.717) is 44.2 Å². The average Bonchev–Trinajstić information content (AvgIpc) is 3.32. The monoisotopic (exact) mass is 452 g/mol. The van der Waals surface area contributed by atoms with Crippen molar-refractivity contribution >= 4 is 22.8 Å². The van der Waals surface area contributed by atoms with Crippen LogP contribution in [0.2, 0.25) is 0 Å². The molecule has 0 saturated carbocycles. The van der Waals surface area contributed by atoms with Crippen molar-refractivity contribution in [1.29, 1.82) is 0 Å². The van der Waals surface area contributed by atoms with E-state index in [9.17, 15) is 19.4 Å². The number of piperazine rings is 1. The Morgan fingerprint density at radius 2 is 2.06 bits per heavy atom. The van der Waals surface area contributed by atoms with Crippen LogP contribution in [0.1, 0.15) is 12.0 Å². The Hall–Kier alpha value is -3.46. The molecule has 0 spiro atoms. The first-order valence-electron chi connectivity index (χ1n) is 11.0. The largest absolute Gasteiger partial charge is 0.507 e. The quantitative estimate of drug-likeness (QED) is 0.626. The molecule has 0 radical (unpaired) electrons. The van der Waals surface area contributed by atoms with Gasteiger partial charge in [0.05, 0.1) is 23.7 Å². The number of amides is 1. The van der Waals surface area contributed by atoms with Gasteiger partial charge in [-0.1, -0.05) is 12.1 Å². The van der Waals surface area contributed by atoms with E-state index >= 15 is 0 Å². The smallest absolute Gasteiger partial charge is 0.407 e. The molecule has 5 rings (SSSR count). The van der Waals surface area contributed by atoms with Gasteiger partial charge in [0.2, 0.25) is 0 Å². The van der Waals surface area contributed by atoms with Gasteiger partial charge in [0.25, 0.3) is 0 Å². The minimum Gasteiger partial charge on any atom is -0.507 e. The molecule has 2 aliphatic heterocycles. The zero-order valence-electron chi connectivity index (χ0n) is 18.2. The molecule has 3 heterocycles. The van der Waals surface area contributed by atoms with E-state index in [1.165, 1.54) is 23.1 Å². The van der Waals surface area contributed by atoms with Crippen molar-refractivity contribution in [2.24, 2.45) is 5.92 Å². The Morgan fingerprint density at radius 3 is 2.79 bits per heavy atom. The summed E-state index contributed by atoms with van der Waals surface area (Å²) in [5.74, 6) is -0.0321. The molecule has 2 aromatic carbocycles. The van der Waals surface area contributed by atoms with Crippen molar-refractivity contribution in [1.82, 2.24) is 14.9 Å². The highest BCUT2D eigenvalue weighted by Crippen LogP contribution is 2.35. The minimum atomic E-state index is -0.938. The molecule has 2 saturated heterocycles. The second kappa shape index (κ2) is 8.47. The lowest BCUT2D eigenvalue weighted by Gasteiger charge is -2.43. The van der Waals surface area contributed by atoms with E-state index < -0.39 is 11.9 Å². The highest BCUT2D eigenvalue weighted by Gasteiger charge is 2.38. The van der Waals surface area contributed by atoms with Crippen LogP contribution in [0.3, 0.4) is 0 Å². The molecule has 1 unspecified atom stereocenters. The zero-order valence-corrected chi connectivity index (χ0v) is 18.2. The molecule has 1 amide bonds. The maximum absolute atomic E-state index is 14.7. The number of aryl methyl sites for hydroxylation is 1. The van der Waals surface area contributed by atoms with Crippen molar-refractivity contribution < 1.29 is 24.1 Å². The van der Waals surface area contributed by atoms with Gasteiger partial charge in [0.1, 0.15) is 17.4 Å². The van der Waals surface area contributed by atoms with Gasteiger partial charge in [-0.3, -0.25) is 0 Å². The number of phenolic OH excluding ortho intramolecular Hbond substituents is 1. The number of carbonyl (C=O) groups is 1. The number of fused-ring (bicyclic) bond motifs is 1. The first-order chi connectivity index (χ1) is 15.9. The Balaban J connectivity index is 1.62. The van der Waals surface area contributed by atoms with Gasteiger partial charge in [-0.15, -0.1) is 0 Å². The SMILES string of the molecule is Cc1ccc2c(N3CCN(C(=O)O)[C@@H](C4CCOC4)C3)nc(-c3c(O)cccc3F)nc2c1. The summed E-state index contributed by atoms with van der Waals surface area (Å²) in [6, 6.07) is 9.66. The number of phenols is 1. The van der Waals surface area contributed by atoms with Gasteiger partial charge >= 0.3 is 6.09 Å². The fourth-order valence-corrected chi connectivity index (χ4v) is 4.81. The molecule has 1 aromatic heterocycles. The Bertz CT molecular complexity index is 1190. The number of benzene rings is 2. The summed E-state index contributed by atoms with van der Waals surface area (Å²) in [7, 11) is 0. The highest BCUT2D eigenvalue weighted by molar-refractivity contribution is 5.92. The number of carboxylic acid groups (broad SMARTS) is 1. The summed E-state index contributed by atoms with van der Waals surface area (Å²) < 4.78 is 20.2. The number of nitrogens with zero attached hydrogens (tertiary/aromatic N) is 4. The molecule has 172 valence electrons. The molecule has 2 atom stereocenters. The molecule has 0 bridgehead atoms. The molecule has 33 heavy (non-hydrogen) atoms. The second-order valence-corrected chi connectivity index (χ2v) is 8.64. The summed E-state index contributed by atoms with van der Waals surface area (Å²) >= 11 is 0. The van der Waals surface area contributed by atoms with E-state index in [1.807, 2.05) is 30.0 Å². The number of hydrogen-bond acceptors (Lipinski definition) is 6. The highest BCUT2D eigenvalue weighted by atomic mass is 19.1. The normalized spacial score (nSPS) is 21.0. The first-order valence-corrected chi connectivity index (χ1v) is 11.0. The molecular formula is C24H25FN4O4. The van der Waals surface area contributed by atoms with Crippen LogP contribution in [0, 0.1) is 18.7 Å². The van der Waals surface area contributed by atoms with Gasteiger partial charge in [-0.25, -0.2) is 19.2 Å². The number of aromatic nitrogens is 2. The van der Waals surface area contributed by atoms with Crippen molar-refractivity contribution in [3.63, 3.8) is 0 Å². The van der Waals surface area contributed by atoms with E-state index in [0.717, 1.165) is 17.4 Å². The number of rotatable bonds is 3. The lowest BCUT2D eigenvalue weighted by atomic mass is 9.95. The maximum Gasteiger partial charge on any atom is 0.407 e. The maximum atomic E-state index is 14.7. The van der Waals surface area contributed by atoms with Gasteiger partial charge in [0, 0.05) is 37.5 Å². The van der Waals surface area contributed by atoms with Crippen LogP contribution in [-0.2, 0) is 4.74 Å². The third-order valence-corrected chi connectivity index (χ3v) is 6.52. The van der Waals surface area contributed by atoms with E-state index in [-0.39, 0.29) is 29.1 Å². The molecule has 0 aliphatic carbocycles. The third-order valence-electron chi connectivity index (χ3n) is 6.52. The lowest BCUT2D eigenvalue weighted by molar-refractivity contribution is 0.0894. The molecule has 2 N–H and O–H groups in total. The van der Waals surface area contributed by atoms with Gasteiger partial charge in [-0.2, -0.15) is 0 Å². The van der Waals surface area contributed by atoms with Crippen molar-refractivity contribution in [2.75, 3.05) is 37.7 Å². The van der Waals surface area contributed by atoms with Crippen molar-refractivity contribution in [2.45, 2.75) is 19.4 Å². The molecule has 2 fully saturated rings. The molecular weight excluding hydrogens is 427 g/mol. The third kappa shape index (κ3) is 3.93. The summed E-state index contributed by atoms with van der Waals surface area (Å²) in [5, 5.41) is 20.9. The molecule has 9 heteroatoms. The van der Waals surface area contributed by atoms with Crippen molar-refractivity contribution in [3.8, 4) is 17.1 Å². The standard InChI is InChI=1S/C24H25FN4O4/c1-14-5-6-16-18(11-14)26-22(21-17(25)3-2-4-20(21)30)27-23(16)28-8-9-29(24(31)32)19(12-28)15-7-10-33-13-15/h2-6,11,15,19,30H,7-10,12-13H2,1H3,(H,31,32)/t15?,19-/m1/s1. The summed E-state index contributed by atoms with van der Waals surface area (Å²) in [6.45, 7) is 4.32. The van der Waals surface area contributed by atoms with Crippen LogP contribution in [0.4, 0.5) is 15.0 Å². The Kier molecular flexibility index (Phi) is 5.49. The van der Waals surface area contributed by atoms with E-state index in [1.54, 1.807) is 0 Å². The number of halogens is 1. The van der Waals surface area contributed by atoms with Gasteiger partial charge in [-0.05, 0) is 43.2 Å². The summed E-state index contributed by atoms with van der Waals surface area (Å²) in [6.07, 6.45) is -0.132. The number of aromatic hydroxyl groups is 1. The number of ether oxygens (including phenoxy) is 1. The van der Waals surface area contributed by atoms with Crippen LogP contribution < -0.4 is 4.90 Å². The summed E-state index contributed by atoms with van der Waals surface area (Å²) in [5.41, 5.74) is 1.58. The fraction of sp³-hybridized carbons (Fsp3) is 0.375. The minimum absolute atomic E-state index is 0.0490. The van der Waals surface area contributed by atoms with Crippen LogP contribution in [0.5, 0.6) is 5.75 Å². The first kappa shape index (κ1) is 21.4. The van der Waals surface area contributed by atoms with Crippen LogP contribution in [-0.4, -0.2) is 70.1 Å². The predicted octanol–water partition coefficient (Wildman–Crippen LogP) is 3.66. The Labute approximate surface area is 190 Å². The van der Waals surface area contributed by atoms with Crippen LogP contribution >= 0.6 is 0 Å². The molecule has 2 aliphatic rings. The van der Waals surface area contributed by atoms with E-state index in [4.69, 9.17) is 9.72 Å². The van der Waals surface area contributed by atoms with Crippen molar-refractivity contribution in [3.05, 3.63) is 47.8 Å². The van der Waals surface area contributed by atoms with Crippen LogP contribution in [0.25, 0.3) is 22.3 Å². The van der Waals surface area contributed by atoms with Gasteiger partial charge in [0.15, 0.2) is 5.82 Å². The lowest BCUT2D eigenvalue weighted by Crippen LogP contribution is -2.58. The summed E-state index contributed by atoms with van der Waals surface area (Å²) in [4.78, 5) is 24.7. The van der Waals surface area contributed by atoms with Gasteiger partial charge < -0.3 is 24.7 Å². The molecule has 8 nitrogen and oxygen atoms in total. The number of anilines is 1. The average molecular weight is 452 g/mol. The molecule has 3 aromatic rings. The second-order valence-electron chi connectivity index (χ2n) is 8.64. The zero-order chi connectivity index (χ0) is 23.1. The van der Waals surface area contributed by atoms with Crippen LogP contribution in [0.15, 0.2) is 36.4 Å². The number of hydrogen-bond donors (Lipinski definition) is 2.